The number of benzene rings is 1. The van der Waals surface area contributed by atoms with Gasteiger partial charge in [-0.2, -0.15) is 5.10 Å². The van der Waals surface area contributed by atoms with Crippen molar-refractivity contribution in [3.63, 3.8) is 0 Å². The highest BCUT2D eigenvalue weighted by atomic mass is 35.5. The first-order valence-electron chi connectivity index (χ1n) is 10.8. The summed E-state index contributed by atoms with van der Waals surface area (Å²) in [5.41, 5.74) is 9.91. The van der Waals surface area contributed by atoms with Crippen molar-refractivity contribution >= 4 is 34.9 Å². The number of nitrogen functional groups attached to an aromatic ring is 1. The van der Waals surface area contributed by atoms with Crippen LogP contribution in [0.25, 0.3) is 11.1 Å². The Kier molecular flexibility index (Phi) is 7.72. The van der Waals surface area contributed by atoms with Crippen LogP contribution in [0.3, 0.4) is 0 Å². The highest BCUT2D eigenvalue weighted by Crippen LogP contribution is 2.43. The van der Waals surface area contributed by atoms with E-state index in [1.807, 2.05) is 26.8 Å². The summed E-state index contributed by atoms with van der Waals surface area (Å²) in [5, 5.41) is 18.9. The molecule has 3 aromatic rings. The van der Waals surface area contributed by atoms with Gasteiger partial charge in [-0.25, -0.2) is 9.97 Å². The van der Waals surface area contributed by atoms with Crippen LogP contribution in [-0.4, -0.2) is 45.0 Å². The molecular formula is C23H29ClN8O2. The largest absolute Gasteiger partial charge is 0.493 e. The second kappa shape index (κ2) is 10.5. The SMILES string of the molecule is CCOc1c(C(C)Nc2ncnc(N)c2C(C)=N)cc(Cl)c(C)c1-c1cnn(CC(=O)NC)c1. The molecule has 11 heteroatoms. The number of likely N-dealkylation sites (N-methyl/N-ethyl adjacent to an activating group) is 1. The van der Waals surface area contributed by atoms with E-state index in [2.05, 4.69) is 25.7 Å². The maximum absolute atomic E-state index is 11.8. The first kappa shape index (κ1) is 25.0. The predicted octanol–water partition coefficient (Wildman–Crippen LogP) is 3.59. The van der Waals surface area contributed by atoms with Crippen LogP contribution in [0, 0.1) is 12.3 Å². The number of hydrogen-bond donors (Lipinski definition) is 4. The van der Waals surface area contributed by atoms with Gasteiger partial charge in [0.25, 0.3) is 0 Å². The smallest absolute Gasteiger partial charge is 0.241 e. The Morgan fingerprint density at radius 1 is 1.38 bits per heavy atom. The van der Waals surface area contributed by atoms with Gasteiger partial charge >= 0.3 is 0 Å². The molecule has 0 aliphatic rings. The van der Waals surface area contributed by atoms with Gasteiger partial charge in [0.15, 0.2) is 0 Å². The second-order valence-electron chi connectivity index (χ2n) is 7.78. The van der Waals surface area contributed by atoms with E-state index in [4.69, 9.17) is 27.5 Å². The van der Waals surface area contributed by atoms with Gasteiger partial charge in [0.05, 0.1) is 24.4 Å². The molecule has 1 atom stereocenters. The molecule has 10 nitrogen and oxygen atoms in total. The number of anilines is 2. The quantitative estimate of drug-likeness (QED) is 0.339. The summed E-state index contributed by atoms with van der Waals surface area (Å²) < 4.78 is 7.68. The number of carbonyl (C=O) groups is 1. The summed E-state index contributed by atoms with van der Waals surface area (Å²) in [6, 6.07) is 1.56. The average Bonchev–Trinajstić information content (AvgIpc) is 3.23. The first-order valence-corrected chi connectivity index (χ1v) is 11.2. The Bertz CT molecular complexity index is 1220. The number of amides is 1. The fourth-order valence-corrected chi connectivity index (χ4v) is 3.89. The van der Waals surface area contributed by atoms with E-state index in [0.29, 0.717) is 28.8 Å². The lowest BCUT2D eigenvalue weighted by Crippen LogP contribution is -2.23. The third-order valence-corrected chi connectivity index (χ3v) is 5.76. The number of nitrogens with one attached hydrogen (secondary N) is 3. The molecule has 0 spiro atoms. The number of halogens is 1. The molecule has 1 amide bonds. The standard InChI is InChI=1S/C23H29ClN8O2/c1-6-34-21-16(14(4)31-23-20(13(3)25)22(26)28-11-29-23)7-17(24)12(2)19(21)15-8-30-32(9-15)10-18(33)27-5/h7-9,11,14,25H,6,10H2,1-5H3,(H,27,33)(H3,26,28,29,31). The number of carbonyl (C=O) groups excluding carboxylic acids is 1. The minimum Gasteiger partial charge on any atom is -0.493 e. The highest BCUT2D eigenvalue weighted by Gasteiger charge is 2.24. The van der Waals surface area contributed by atoms with Crippen molar-refractivity contribution in [3.05, 3.63) is 46.5 Å². The van der Waals surface area contributed by atoms with Gasteiger partial charge in [-0.15, -0.1) is 0 Å². The number of ether oxygens (including phenoxy) is 1. The molecule has 180 valence electrons. The minimum atomic E-state index is -0.299. The van der Waals surface area contributed by atoms with E-state index >= 15 is 0 Å². The molecule has 1 aromatic carbocycles. The monoisotopic (exact) mass is 484 g/mol. The van der Waals surface area contributed by atoms with Crippen LogP contribution < -0.4 is 21.1 Å². The molecule has 0 fully saturated rings. The van der Waals surface area contributed by atoms with E-state index in [-0.39, 0.29) is 30.0 Å². The lowest BCUT2D eigenvalue weighted by molar-refractivity contribution is -0.121. The highest BCUT2D eigenvalue weighted by molar-refractivity contribution is 6.32. The van der Waals surface area contributed by atoms with Gasteiger partial charge in [-0.3, -0.25) is 9.48 Å². The Morgan fingerprint density at radius 2 is 2.12 bits per heavy atom. The minimum absolute atomic E-state index is 0.103. The van der Waals surface area contributed by atoms with Crippen molar-refractivity contribution in [2.75, 3.05) is 24.7 Å². The molecule has 0 bridgehead atoms. The second-order valence-corrected chi connectivity index (χ2v) is 8.19. The summed E-state index contributed by atoms with van der Waals surface area (Å²) in [5.74, 6) is 1.18. The summed E-state index contributed by atoms with van der Waals surface area (Å²) in [4.78, 5) is 20.1. The first-order chi connectivity index (χ1) is 16.2. The molecule has 0 saturated heterocycles. The predicted molar refractivity (Wildman–Crippen MR) is 134 cm³/mol. The molecule has 0 radical (unpaired) electrons. The molecule has 0 aliphatic carbocycles. The van der Waals surface area contributed by atoms with Crippen LogP contribution in [0.15, 0.2) is 24.8 Å². The summed E-state index contributed by atoms with van der Waals surface area (Å²) in [7, 11) is 1.58. The van der Waals surface area contributed by atoms with E-state index < -0.39 is 0 Å². The molecular weight excluding hydrogens is 456 g/mol. The lowest BCUT2D eigenvalue weighted by Gasteiger charge is -2.24. The van der Waals surface area contributed by atoms with Crippen molar-refractivity contribution in [1.29, 1.82) is 5.41 Å². The lowest BCUT2D eigenvalue weighted by atomic mass is 9.95. The third-order valence-electron chi connectivity index (χ3n) is 5.37. The fraction of sp³-hybridized carbons (Fsp3) is 0.348. The van der Waals surface area contributed by atoms with Crippen LogP contribution in [0.4, 0.5) is 11.6 Å². The molecule has 0 saturated carbocycles. The number of nitrogens with zero attached hydrogens (tertiary/aromatic N) is 4. The zero-order valence-electron chi connectivity index (χ0n) is 19.9. The van der Waals surface area contributed by atoms with Crippen molar-refractivity contribution in [2.45, 2.75) is 40.3 Å². The Morgan fingerprint density at radius 3 is 2.76 bits per heavy atom. The van der Waals surface area contributed by atoms with Gasteiger partial charge in [0.1, 0.15) is 30.3 Å². The average molecular weight is 485 g/mol. The summed E-state index contributed by atoms with van der Waals surface area (Å²) in [6.45, 7) is 7.95. The Balaban J connectivity index is 2.09. The van der Waals surface area contributed by atoms with Crippen molar-refractivity contribution in [1.82, 2.24) is 25.1 Å². The van der Waals surface area contributed by atoms with Crippen LogP contribution in [0.2, 0.25) is 5.02 Å². The van der Waals surface area contributed by atoms with Gasteiger partial charge < -0.3 is 26.5 Å². The Hall–Kier alpha value is -3.66. The van der Waals surface area contributed by atoms with Crippen LogP contribution >= 0.6 is 11.6 Å². The molecule has 34 heavy (non-hydrogen) atoms. The van der Waals surface area contributed by atoms with E-state index in [1.165, 1.54) is 6.33 Å². The molecule has 0 aliphatic heterocycles. The van der Waals surface area contributed by atoms with Crippen LogP contribution in [-0.2, 0) is 11.3 Å². The van der Waals surface area contributed by atoms with Gasteiger partial charge in [0.2, 0.25) is 5.91 Å². The maximum atomic E-state index is 11.8. The normalized spacial score (nSPS) is 11.7. The summed E-state index contributed by atoms with van der Waals surface area (Å²) >= 11 is 6.65. The molecule has 2 aromatic heterocycles. The number of aromatic nitrogens is 4. The zero-order valence-corrected chi connectivity index (χ0v) is 20.6. The maximum Gasteiger partial charge on any atom is 0.241 e. The van der Waals surface area contributed by atoms with Crippen molar-refractivity contribution in [3.8, 4) is 16.9 Å². The fourth-order valence-electron chi connectivity index (χ4n) is 3.68. The van der Waals surface area contributed by atoms with Crippen molar-refractivity contribution in [2.24, 2.45) is 0 Å². The van der Waals surface area contributed by atoms with Crippen LogP contribution in [0.1, 0.15) is 43.5 Å². The molecule has 5 N–H and O–H groups in total. The number of rotatable bonds is 9. The van der Waals surface area contributed by atoms with Gasteiger partial charge in [-0.1, -0.05) is 11.6 Å². The molecule has 3 rings (SSSR count). The van der Waals surface area contributed by atoms with Gasteiger partial charge in [-0.05, 0) is 39.3 Å². The zero-order chi connectivity index (χ0) is 25.0. The Labute approximate surface area is 203 Å². The van der Waals surface area contributed by atoms with E-state index in [1.54, 1.807) is 31.0 Å². The molecule has 1 unspecified atom stereocenters. The van der Waals surface area contributed by atoms with Crippen molar-refractivity contribution < 1.29 is 9.53 Å². The van der Waals surface area contributed by atoms with Crippen LogP contribution in [0.5, 0.6) is 5.75 Å². The van der Waals surface area contributed by atoms with Gasteiger partial charge in [0, 0.05) is 40.7 Å². The van der Waals surface area contributed by atoms with E-state index in [0.717, 1.165) is 22.3 Å². The third kappa shape index (κ3) is 5.12. The number of nitrogens with two attached hydrogens (primary N) is 1. The topological polar surface area (TPSA) is 144 Å². The molecule has 2 heterocycles. The summed E-state index contributed by atoms with van der Waals surface area (Å²) in [6.07, 6.45) is 4.84. The van der Waals surface area contributed by atoms with E-state index in [9.17, 15) is 4.79 Å². The number of hydrogen-bond acceptors (Lipinski definition) is 8.